The molecule has 0 aliphatic heterocycles. The molecule has 0 bridgehead atoms. The summed E-state index contributed by atoms with van der Waals surface area (Å²) < 4.78 is 0. The molecule has 7 heteroatoms. The zero-order valence-electron chi connectivity index (χ0n) is 13.4. The summed E-state index contributed by atoms with van der Waals surface area (Å²) in [6, 6.07) is -0.620. The molecule has 0 rings (SSSR count). The van der Waals surface area contributed by atoms with Crippen LogP contribution in [0, 0.1) is 5.92 Å². The minimum Gasteiger partial charge on any atom is -0.359 e. The van der Waals surface area contributed by atoms with Crippen molar-refractivity contribution in [2.75, 3.05) is 12.8 Å². The van der Waals surface area contributed by atoms with Gasteiger partial charge in [0.25, 0.3) is 0 Å². The van der Waals surface area contributed by atoms with Gasteiger partial charge in [-0.05, 0) is 13.8 Å². The Kier molecular flexibility index (Phi) is 9.28. The van der Waals surface area contributed by atoms with Gasteiger partial charge in [-0.25, -0.2) is 0 Å². The lowest BCUT2D eigenvalue weighted by Gasteiger charge is -2.20. The fourth-order valence-electron chi connectivity index (χ4n) is 1.61. The maximum absolute atomic E-state index is 12.1. The van der Waals surface area contributed by atoms with E-state index >= 15 is 0 Å². The van der Waals surface area contributed by atoms with Crippen LogP contribution in [0.25, 0.3) is 0 Å². The molecule has 0 aromatic rings. The Balaban J connectivity index is 4.63. The van der Waals surface area contributed by atoms with E-state index in [0.29, 0.717) is 5.75 Å². The van der Waals surface area contributed by atoms with Crippen LogP contribution in [0.2, 0.25) is 0 Å². The Hall–Kier alpha value is -1.08. The largest absolute Gasteiger partial charge is 0.359 e. The highest BCUT2D eigenvalue weighted by Gasteiger charge is 2.25. The van der Waals surface area contributed by atoms with E-state index in [1.165, 1.54) is 18.8 Å². The quantitative estimate of drug-likeness (QED) is 0.568. The minimum atomic E-state index is -0.617. The summed E-state index contributed by atoms with van der Waals surface area (Å²) in [4.78, 5) is 35.3. The van der Waals surface area contributed by atoms with Crippen LogP contribution >= 0.6 is 11.8 Å². The third kappa shape index (κ3) is 8.06. The first kappa shape index (κ1) is 19.9. The first-order valence-electron chi connectivity index (χ1n) is 7.10. The van der Waals surface area contributed by atoms with Gasteiger partial charge >= 0.3 is 0 Å². The highest BCUT2D eigenvalue weighted by Crippen LogP contribution is 2.17. The Labute approximate surface area is 131 Å². The molecule has 0 radical (unpaired) electrons. The van der Waals surface area contributed by atoms with Crippen molar-refractivity contribution >= 4 is 29.4 Å². The van der Waals surface area contributed by atoms with Crippen molar-refractivity contribution in [2.45, 2.75) is 51.4 Å². The number of hydrogen-bond acceptors (Lipinski definition) is 5. The Morgan fingerprint density at radius 2 is 1.71 bits per heavy atom. The topological polar surface area (TPSA) is 101 Å². The van der Waals surface area contributed by atoms with Crippen molar-refractivity contribution in [3.63, 3.8) is 0 Å². The molecule has 0 saturated heterocycles. The van der Waals surface area contributed by atoms with Gasteiger partial charge in [0.2, 0.25) is 11.8 Å². The summed E-state index contributed by atoms with van der Waals surface area (Å²) >= 11 is 1.25. The van der Waals surface area contributed by atoms with E-state index < -0.39 is 11.3 Å². The first-order valence-corrected chi connectivity index (χ1v) is 8.15. The Morgan fingerprint density at radius 1 is 1.14 bits per heavy atom. The average molecular weight is 317 g/mol. The van der Waals surface area contributed by atoms with E-state index in [1.807, 2.05) is 13.8 Å². The van der Waals surface area contributed by atoms with Crippen molar-refractivity contribution in [2.24, 2.45) is 11.7 Å². The van der Waals surface area contributed by atoms with Gasteiger partial charge in [0.15, 0.2) is 5.78 Å². The molecule has 0 aromatic heterocycles. The fraction of sp³-hybridized carbons (Fsp3) is 0.786. The Morgan fingerprint density at radius 3 is 2.14 bits per heavy atom. The number of Topliss-reactive ketones (excluding diaryl/α,β-unsaturated/α-hetero) is 1. The summed E-state index contributed by atoms with van der Waals surface area (Å²) in [6.07, 6.45) is 0.0717. The number of nitrogens with one attached hydrogen (secondary N) is 2. The SMILES string of the molecule is CNC(=O)CC(SC[C@H](N)C(=O)C(C)C)C(=O)NC(C)C. The second-order valence-electron chi connectivity index (χ2n) is 5.53. The number of thioether (sulfide) groups is 1. The lowest BCUT2D eigenvalue weighted by Crippen LogP contribution is -2.42. The fourth-order valence-corrected chi connectivity index (χ4v) is 2.70. The molecule has 122 valence electrons. The van der Waals surface area contributed by atoms with E-state index in [-0.39, 0.29) is 36.0 Å². The molecular weight excluding hydrogens is 290 g/mol. The molecule has 0 aliphatic carbocycles. The molecule has 0 aromatic carbocycles. The van der Waals surface area contributed by atoms with E-state index in [4.69, 9.17) is 5.73 Å². The summed E-state index contributed by atoms with van der Waals surface area (Å²) in [5.41, 5.74) is 5.83. The van der Waals surface area contributed by atoms with Crippen LogP contribution in [0.3, 0.4) is 0 Å². The van der Waals surface area contributed by atoms with Gasteiger partial charge in [0.1, 0.15) is 0 Å². The van der Waals surface area contributed by atoms with Gasteiger partial charge in [-0.2, -0.15) is 0 Å². The molecular formula is C14H27N3O3S. The lowest BCUT2D eigenvalue weighted by atomic mass is 10.0. The smallest absolute Gasteiger partial charge is 0.233 e. The summed E-state index contributed by atoms with van der Waals surface area (Å²) in [5.74, 6) is -0.268. The zero-order chi connectivity index (χ0) is 16.6. The van der Waals surface area contributed by atoms with Gasteiger partial charge in [0.05, 0.1) is 11.3 Å². The third-order valence-corrected chi connectivity index (χ3v) is 4.12. The number of rotatable bonds is 9. The predicted molar refractivity (Wildman–Crippen MR) is 86.0 cm³/mol. The molecule has 2 atom stereocenters. The van der Waals surface area contributed by atoms with Crippen LogP contribution < -0.4 is 16.4 Å². The highest BCUT2D eigenvalue weighted by molar-refractivity contribution is 8.00. The molecule has 2 amide bonds. The first-order chi connectivity index (χ1) is 9.68. The number of amides is 2. The molecule has 6 nitrogen and oxygen atoms in total. The van der Waals surface area contributed by atoms with Crippen LogP contribution in [0.5, 0.6) is 0 Å². The highest BCUT2D eigenvalue weighted by atomic mass is 32.2. The van der Waals surface area contributed by atoms with Gasteiger partial charge in [-0.15, -0.1) is 11.8 Å². The van der Waals surface area contributed by atoms with Crippen molar-refractivity contribution in [3.8, 4) is 0 Å². The monoisotopic (exact) mass is 317 g/mol. The minimum absolute atomic E-state index is 0.00347. The standard InChI is InChI=1S/C14H27N3O3S/c1-8(2)13(19)10(15)7-21-11(6-12(18)16-5)14(20)17-9(3)4/h8-11H,6-7,15H2,1-5H3,(H,16,18)(H,17,20)/t10-,11?/m0/s1. The van der Waals surface area contributed by atoms with Gasteiger partial charge in [0, 0.05) is 31.2 Å². The van der Waals surface area contributed by atoms with Crippen molar-refractivity contribution in [1.29, 1.82) is 0 Å². The van der Waals surface area contributed by atoms with Gasteiger partial charge < -0.3 is 16.4 Å². The summed E-state index contributed by atoms with van der Waals surface area (Å²) in [5, 5.41) is 4.74. The van der Waals surface area contributed by atoms with Crippen LogP contribution in [0.15, 0.2) is 0 Å². The maximum atomic E-state index is 12.1. The molecule has 0 aliphatic rings. The molecule has 4 N–H and O–H groups in total. The van der Waals surface area contributed by atoms with E-state index in [9.17, 15) is 14.4 Å². The van der Waals surface area contributed by atoms with Crippen LogP contribution in [-0.2, 0) is 14.4 Å². The third-order valence-electron chi connectivity index (χ3n) is 2.78. The maximum Gasteiger partial charge on any atom is 0.233 e. The molecule has 0 heterocycles. The lowest BCUT2D eigenvalue weighted by molar-refractivity contribution is -0.126. The average Bonchev–Trinajstić information content (AvgIpc) is 2.40. The van der Waals surface area contributed by atoms with E-state index in [1.54, 1.807) is 13.8 Å². The van der Waals surface area contributed by atoms with Crippen molar-refractivity contribution in [3.05, 3.63) is 0 Å². The molecule has 1 unspecified atom stereocenters. The van der Waals surface area contributed by atoms with Crippen LogP contribution in [0.1, 0.15) is 34.1 Å². The zero-order valence-corrected chi connectivity index (χ0v) is 14.3. The summed E-state index contributed by atoms with van der Waals surface area (Å²) in [7, 11) is 1.53. The molecule has 0 fully saturated rings. The van der Waals surface area contributed by atoms with Crippen molar-refractivity contribution < 1.29 is 14.4 Å². The second-order valence-corrected chi connectivity index (χ2v) is 6.76. The Bertz CT molecular complexity index is 372. The normalized spacial score (nSPS) is 13.9. The number of ketones is 1. The van der Waals surface area contributed by atoms with Crippen molar-refractivity contribution in [1.82, 2.24) is 10.6 Å². The summed E-state index contributed by atoms with van der Waals surface area (Å²) in [6.45, 7) is 7.29. The van der Waals surface area contributed by atoms with Crippen LogP contribution in [-0.4, -0.2) is 47.7 Å². The predicted octanol–water partition coefficient (Wildman–Crippen LogP) is 0.301. The van der Waals surface area contributed by atoms with E-state index in [2.05, 4.69) is 10.6 Å². The number of hydrogen-bond donors (Lipinski definition) is 3. The van der Waals surface area contributed by atoms with Gasteiger partial charge in [-0.1, -0.05) is 13.8 Å². The molecule has 21 heavy (non-hydrogen) atoms. The molecule has 0 saturated carbocycles. The van der Waals surface area contributed by atoms with Crippen LogP contribution in [0.4, 0.5) is 0 Å². The molecule has 0 spiro atoms. The van der Waals surface area contributed by atoms with Gasteiger partial charge in [-0.3, -0.25) is 14.4 Å². The number of carbonyl (C=O) groups excluding carboxylic acids is 3. The number of nitrogens with two attached hydrogens (primary N) is 1. The number of carbonyl (C=O) groups is 3. The second kappa shape index (κ2) is 9.78. The van der Waals surface area contributed by atoms with E-state index in [0.717, 1.165) is 0 Å².